The van der Waals surface area contributed by atoms with E-state index < -0.39 is 21.9 Å². The number of nitrogens with zero attached hydrogens (tertiary/aromatic N) is 1. The van der Waals surface area contributed by atoms with Gasteiger partial charge in [-0.25, -0.2) is 13.2 Å². The van der Waals surface area contributed by atoms with Gasteiger partial charge in [0.1, 0.15) is 5.00 Å². The number of morpholine rings is 1. The van der Waals surface area contributed by atoms with Gasteiger partial charge in [-0.05, 0) is 67.3 Å². The Labute approximate surface area is 217 Å². The third kappa shape index (κ3) is 5.51. The average Bonchev–Trinajstić information content (AvgIpc) is 3.21. The van der Waals surface area contributed by atoms with Crippen LogP contribution in [0.2, 0.25) is 0 Å². The van der Waals surface area contributed by atoms with Gasteiger partial charge in [-0.15, -0.1) is 11.3 Å². The molecule has 1 aliphatic carbocycles. The molecule has 0 saturated carbocycles. The number of ether oxygens (including phenoxy) is 2. The first-order chi connectivity index (χ1) is 17.0. The summed E-state index contributed by atoms with van der Waals surface area (Å²) in [5.74, 6) is -0.337. The lowest BCUT2D eigenvalue weighted by molar-refractivity contribution is 0.0526. The highest BCUT2D eigenvalue weighted by molar-refractivity contribution is 7.89. The zero-order chi connectivity index (χ0) is 26.1. The number of amides is 1. The largest absolute Gasteiger partial charge is 0.462 e. The van der Waals surface area contributed by atoms with Crippen molar-refractivity contribution in [2.75, 3.05) is 38.2 Å². The fourth-order valence-corrected chi connectivity index (χ4v) is 7.44. The summed E-state index contributed by atoms with van der Waals surface area (Å²) < 4.78 is 37.7. The topological polar surface area (TPSA) is 102 Å². The molecule has 2 aromatic rings. The van der Waals surface area contributed by atoms with Crippen LogP contribution in [0.3, 0.4) is 0 Å². The van der Waals surface area contributed by atoms with Gasteiger partial charge >= 0.3 is 5.97 Å². The second-order valence-corrected chi connectivity index (χ2v) is 13.3. The van der Waals surface area contributed by atoms with Crippen molar-refractivity contribution in [3.05, 3.63) is 45.8 Å². The predicted molar refractivity (Wildman–Crippen MR) is 139 cm³/mol. The van der Waals surface area contributed by atoms with Crippen LogP contribution in [0, 0.1) is 11.3 Å². The Morgan fingerprint density at radius 1 is 1.17 bits per heavy atom. The van der Waals surface area contributed by atoms with E-state index in [0.717, 1.165) is 29.7 Å². The molecule has 1 aromatic carbocycles. The molecule has 4 rings (SSSR count). The van der Waals surface area contributed by atoms with Crippen LogP contribution < -0.4 is 5.32 Å². The maximum absolute atomic E-state index is 13.1. The average molecular weight is 535 g/mol. The molecule has 1 aromatic heterocycles. The van der Waals surface area contributed by atoms with Crippen LogP contribution >= 0.6 is 11.3 Å². The molecule has 1 N–H and O–H groups in total. The quantitative estimate of drug-likeness (QED) is 0.553. The van der Waals surface area contributed by atoms with E-state index in [2.05, 4.69) is 26.1 Å². The normalized spacial score (nSPS) is 18.9. The fourth-order valence-electron chi connectivity index (χ4n) is 4.72. The summed E-state index contributed by atoms with van der Waals surface area (Å²) in [6.45, 7) is 10.0. The molecule has 0 spiro atoms. The third-order valence-corrected chi connectivity index (χ3v) is 10.0. The van der Waals surface area contributed by atoms with Gasteiger partial charge in [0.05, 0.1) is 30.3 Å². The van der Waals surface area contributed by atoms with E-state index in [1.54, 1.807) is 6.92 Å². The second kappa shape index (κ2) is 10.6. The Hall–Kier alpha value is -2.27. The number of fused-ring (bicyclic) bond motifs is 1. The zero-order valence-corrected chi connectivity index (χ0v) is 22.9. The van der Waals surface area contributed by atoms with Crippen molar-refractivity contribution in [3.8, 4) is 0 Å². The van der Waals surface area contributed by atoms with Gasteiger partial charge in [0, 0.05) is 23.5 Å². The molecular weight excluding hydrogens is 500 g/mol. The van der Waals surface area contributed by atoms with Crippen LogP contribution in [0.4, 0.5) is 5.00 Å². The van der Waals surface area contributed by atoms with E-state index in [4.69, 9.17) is 9.47 Å². The molecule has 1 atom stereocenters. The first-order valence-corrected chi connectivity index (χ1v) is 14.6. The minimum Gasteiger partial charge on any atom is -0.462 e. The molecule has 0 radical (unpaired) electrons. The van der Waals surface area contributed by atoms with E-state index in [-0.39, 0.29) is 16.9 Å². The van der Waals surface area contributed by atoms with Crippen LogP contribution in [-0.4, -0.2) is 57.5 Å². The number of thiophene rings is 1. The highest BCUT2D eigenvalue weighted by Gasteiger charge is 2.34. The third-order valence-electron chi connectivity index (χ3n) is 6.92. The van der Waals surface area contributed by atoms with Crippen LogP contribution in [0.1, 0.15) is 65.3 Å². The van der Waals surface area contributed by atoms with E-state index in [1.807, 2.05) is 0 Å². The number of esters is 1. The highest BCUT2D eigenvalue weighted by atomic mass is 32.2. The molecule has 1 saturated heterocycles. The number of hydrogen-bond donors (Lipinski definition) is 1. The van der Waals surface area contributed by atoms with Gasteiger partial charge in [0.15, 0.2) is 0 Å². The molecule has 1 unspecified atom stereocenters. The van der Waals surface area contributed by atoms with Gasteiger partial charge < -0.3 is 14.8 Å². The molecular formula is C26H34N2O6S2. The van der Waals surface area contributed by atoms with Gasteiger partial charge in [0.25, 0.3) is 5.91 Å². The Morgan fingerprint density at radius 3 is 2.44 bits per heavy atom. The molecule has 1 amide bonds. The minimum atomic E-state index is -3.64. The molecule has 36 heavy (non-hydrogen) atoms. The maximum atomic E-state index is 13.1. The van der Waals surface area contributed by atoms with Crippen molar-refractivity contribution in [3.63, 3.8) is 0 Å². The lowest BCUT2D eigenvalue weighted by Gasteiger charge is -2.33. The van der Waals surface area contributed by atoms with Crippen molar-refractivity contribution in [1.29, 1.82) is 0 Å². The van der Waals surface area contributed by atoms with E-state index in [0.29, 0.717) is 48.3 Å². The summed E-state index contributed by atoms with van der Waals surface area (Å²) in [5, 5.41) is 3.39. The molecule has 0 bridgehead atoms. The Bertz CT molecular complexity index is 1220. The van der Waals surface area contributed by atoms with E-state index in [9.17, 15) is 18.0 Å². The number of rotatable bonds is 6. The van der Waals surface area contributed by atoms with Crippen molar-refractivity contribution in [2.24, 2.45) is 11.3 Å². The molecule has 2 heterocycles. The fraction of sp³-hybridized carbons (Fsp3) is 0.538. The van der Waals surface area contributed by atoms with Gasteiger partial charge in [-0.3, -0.25) is 4.79 Å². The lowest BCUT2D eigenvalue weighted by atomic mass is 9.72. The first kappa shape index (κ1) is 26.8. The Kier molecular flexibility index (Phi) is 7.89. The first-order valence-electron chi connectivity index (χ1n) is 12.3. The summed E-state index contributed by atoms with van der Waals surface area (Å²) in [6, 6.07) is 5.88. The SMILES string of the molecule is CCOC(=O)c1c(NC(=O)c2ccc(S(=O)(=O)N3CCOCC3)cc2)sc2c1CCC(C(C)(C)C)C2. The summed E-state index contributed by atoms with van der Waals surface area (Å²) >= 11 is 1.44. The van der Waals surface area contributed by atoms with E-state index >= 15 is 0 Å². The number of carbonyl (C=O) groups is 2. The number of nitrogens with one attached hydrogen (secondary N) is 1. The summed E-state index contributed by atoms with van der Waals surface area (Å²) in [5.41, 5.74) is 1.88. The molecule has 2 aliphatic rings. The van der Waals surface area contributed by atoms with E-state index in [1.165, 1.54) is 39.9 Å². The Morgan fingerprint density at radius 2 is 1.83 bits per heavy atom. The summed E-state index contributed by atoms with van der Waals surface area (Å²) in [7, 11) is -3.64. The van der Waals surface area contributed by atoms with Crippen LogP contribution in [0.5, 0.6) is 0 Å². The maximum Gasteiger partial charge on any atom is 0.341 e. The van der Waals surface area contributed by atoms with Gasteiger partial charge in [-0.2, -0.15) is 4.31 Å². The van der Waals surface area contributed by atoms with Crippen LogP contribution in [0.25, 0.3) is 0 Å². The summed E-state index contributed by atoms with van der Waals surface area (Å²) in [6.07, 6.45) is 2.61. The minimum absolute atomic E-state index is 0.132. The van der Waals surface area contributed by atoms with Crippen LogP contribution in [-0.2, 0) is 32.3 Å². The van der Waals surface area contributed by atoms with Crippen molar-refractivity contribution in [1.82, 2.24) is 4.31 Å². The highest BCUT2D eigenvalue weighted by Crippen LogP contribution is 2.44. The number of benzene rings is 1. The van der Waals surface area contributed by atoms with Crippen molar-refractivity contribution < 1.29 is 27.5 Å². The molecule has 1 aliphatic heterocycles. The van der Waals surface area contributed by atoms with Gasteiger partial charge in [-0.1, -0.05) is 20.8 Å². The van der Waals surface area contributed by atoms with Crippen LogP contribution in [0.15, 0.2) is 29.2 Å². The lowest BCUT2D eigenvalue weighted by Crippen LogP contribution is -2.40. The number of hydrogen-bond acceptors (Lipinski definition) is 7. The number of anilines is 1. The predicted octanol–water partition coefficient (Wildman–Crippen LogP) is 4.35. The number of sulfonamides is 1. The van der Waals surface area contributed by atoms with Gasteiger partial charge in [0.2, 0.25) is 10.0 Å². The Balaban J connectivity index is 1.57. The second-order valence-electron chi connectivity index (χ2n) is 10.2. The standard InChI is InChI=1S/C26H34N2O6S2/c1-5-34-25(30)22-20-11-8-18(26(2,3)4)16-21(20)35-24(22)27-23(29)17-6-9-19(10-7-17)36(31,32)28-12-14-33-15-13-28/h6-7,9-10,18H,5,8,11-16H2,1-4H3,(H,27,29). The van der Waals surface area contributed by atoms with Crippen molar-refractivity contribution >= 4 is 38.2 Å². The molecule has 10 heteroatoms. The molecule has 1 fully saturated rings. The summed E-state index contributed by atoms with van der Waals surface area (Å²) in [4.78, 5) is 27.2. The monoisotopic (exact) mass is 534 g/mol. The number of carbonyl (C=O) groups excluding carboxylic acids is 2. The van der Waals surface area contributed by atoms with Crippen molar-refractivity contribution in [2.45, 2.75) is 51.9 Å². The molecule has 8 nitrogen and oxygen atoms in total. The zero-order valence-electron chi connectivity index (χ0n) is 21.3. The molecule has 196 valence electrons. The smallest absolute Gasteiger partial charge is 0.341 e.